The largest absolute Gasteiger partial charge is 0.550 e. The van der Waals surface area contributed by atoms with Crippen molar-refractivity contribution in [2.75, 3.05) is 6.54 Å². The van der Waals surface area contributed by atoms with Crippen molar-refractivity contribution in [1.29, 1.82) is 0 Å². The lowest BCUT2D eigenvalue weighted by atomic mass is 9.95. The van der Waals surface area contributed by atoms with E-state index in [2.05, 4.69) is 0 Å². The Morgan fingerprint density at radius 1 is 1.17 bits per heavy atom. The number of hydrogen-bond acceptors (Lipinski definition) is 5. The first-order chi connectivity index (χ1) is 13.8. The fourth-order valence-electron chi connectivity index (χ4n) is 3.39. The average Bonchev–Trinajstić information content (AvgIpc) is 2.93. The third kappa shape index (κ3) is 4.18. The van der Waals surface area contributed by atoms with Crippen molar-refractivity contribution < 1.29 is 29.0 Å². The molecule has 2 aromatic rings. The van der Waals surface area contributed by atoms with Gasteiger partial charge in [-0.15, -0.1) is 0 Å². The van der Waals surface area contributed by atoms with Gasteiger partial charge in [0, 0.05) is 18.1 Å². The molecule has 29 heavy (non-hydrogen) atoms. The van der Waals surface area contributed by atoms with Crippen LogP contribution < -0.4 is 5.11 Å². The molecule has 0 aliphatic carbocycles. The summed E-state index contributed by atoms with van der Waals surface area (Å²) in [6, 6.07) is 11.1. The molecule has 1 amide bonds. The Balaban J connectivity index is 2.10. The van der Waals surface area contributed by atoms with E-state index in [0.717, 1.165) is 5.56 Å². The van der Waals surface area contributed by atoms with Gasteiger partial charge in [-0.25, -0.2) is 4.39 Å². The molecule has 1 heterocycles. The molecule has 7 heteroatoms. The van der Waals surface area contributed by atoms with Gasteiger partial charge in [-0.05, 0) is 37.5 Å². The van der Waals surface area contributed by atoms with Gasteiger partial charge in [-0.2, -0.15) is 0 Å². The summed E-state index contributed by atoms with van der Waals surface area (Å²) < 4.78 is 13.8. The molecule has 1 saturated heterocycles. The number of carbonyl (C=O) groups excluding carboxylic acids is 3. The molecule has 6 nitrogen and oxygen atoms in total. The Hall–Kier alpha value is -3.48. The first kappa shape index (κ1) is 20.3. The second-order valence-electron chi connectivity index (χ2n) is 6.89. The summed E-state index contributed by atoms with van der Waals surface area (Å²) in [5.41, 5.74) is 1.46. The monoisotopic (exact) mass is 396 g/mol. The minimum atomic E-state index is -1.27. The molecule has 0 radical (unpaired) electrons. The second-order valence-corrected chi connectivity index (χ2v) is 6.89. The average molecular weight is 396 g/mol. The molecule has 1 aliphatic heterocycles. The number of hydrogen-bond donors (Lipinski definition) is 1. The summed E-state index contributed by atoms with van der Waals surface area (Å²) in [6.07, 6.45) is -0.234. The van der Waals surface area contributed by atoms with Crippen molar-refractivity contribution >= 4 is 23.4 Å². The van der Waals surface area contributed by atoms with Gasteiger partial charge in [0.1, 0.15) is 11.6 Å². The minimum absolute atomic E-state index is 0.0512. The molecule has 1 fully saturated rings. The number of carbonyl (C=O) groups is 3. The fraction of sp³-hybridized carbons (Fsp3) is 0.227. The van der Waals surface area contributed by atoms with Crippen molar-refractivity contribution in [2.45, 2.75) is 25.8 Å². The predicted octanol–water partition coefficient (Wildman–Crippen LogP) is 2.09. The highest BCUT2D eigenvalue weighted by molar-refractivity contribution is 6.46. The van der Waals surface area contributed by atoms with Crippen LogP contribution in [0.4, 0.5) is 4.39 Å². The van der Waals surface area contributed by atoms with Gasteiger partial charge in [0.05, 0.1) is 11.6 Å². The molecule has 1 atom stereocenters. The van der Waals surface area contributed by atoms with Gasteiger partial charge in [0.15, 0.2) is 0 Å². The van der Waals surface area contributed by atoms with Crippen molar-refractivity contribution in [1.82, 2.24) is 4.90 Å². The van der Waals surface area contributed by atoms with E-state index in [1.165, 1.54) is 23.1 Å². The fourth-order valence-corrected chi connectivity index (χ4v) is 3.39. The quantitative estimate of drug-likeness (QED) is 0.458. The molecule has 0 saturated carbocycles. The van der Waals surface area contributed by atoms with Gasteiger partial charge in [-0.3, -0.25) is 9.59 Å². The normalized spacial score (nSPS) is 18.3. The lowest BCUT2D eigenvalue weighted by molar-refractivity contribution is -0.305. The van der Waals surface area contributed by atoms with E-state index in [-0.39, 0.29) is 30.7 Å². The maximum absolute atomic E-state index is 13.8. The first-order valence-electron chi connectivity index (χ1n) is 9.10. The molecular weight excluding hydrogens is 377 g/mol. The van der Waals surface area contributed by atoms with E-state index in [0.29, 0.717) is 11.1 Å². The number of aliphatic carboxylic acids is 1. The Labute approximate surface area is 166 Å². The van der Waals surface area contributed by atoms with E-state index < -0.39 is 29.5 Å². The molecule has 0 aromatic heterocycles. The summed E-state index contributed by atoms with van der Waals surface area (Å²) in [7, 11) is 0. The second kappa shape index (κ2) is 8.26. The van der Waals surface area contributed by atoms with Crippen LogP contribution in [0.3, 0.4) is 0 Å². The summed E-state index contributed by atoms with van der Waals surface area (Å²) >= 11 is 0. The maximum Gasteiger partial charge on any atom is 0.295 e. The van der Waals surface area contributed by atoms with Gasteiger partial charge >= 0.3 is 0 Å². The minimum Gasteiger partial charge on any atom is -0.550 e. The molecule has 3 rings (SSSR count). The molecule has 2 aromatic carbocycles. The van der Waals surface area contributed by atoms with Crippen LogP contribution in [0.15, 0.2) is 54.1 Å². The van der Waals surface area contributed by atoms with E-state index in [4.69, 9.17) is 0 Å². The third-order valence-electron chi connectivity index (χ3n) is 4.81. The van der Waals surface area contributed by atoms with Crippen LogP contribution >= 0.6 is 0 Å². The zero-order chi connectivity index (χ0) is 21.1. The van der Waals surface area contributed by atoms with E-state index in [1.807, 2.05) is 6.92 Å². The molecular formula is C22H19FNO5-. The molecule has 150 valence electrons. The SMILES string of the molecule is Cc1ccc(C(O)=C2C(=O)C(=O)N(CCCC(=O)[O-])[C@H]2c2cccc(F)c2)cc1. The van der Waals surface area contributed by atoms with Gasteiger partial charge in [-0.1, -0.05) is 42.0 Å². The highest BCUT2D eigenvalue weighted by atomic mass is 19.1. The van der Waals surface area contributed by atoms with Crippen LogP contribution in [0.2, 0.25) is 0 Å². The Morgan fingerprint density at radius 3 is 2.48 bits per heavy atom. The first-order valence-corrected chi connectivity index (χ1v) is 9.10. The summed E-state index contributed by atoms with van der Waals surface area (Å²) in [4.78, 5) is 37.2. The number of amides is 1. The van der Waals surface area contributed by atoms with Crippen molar-refractivity contribution in [3.05, 3.63) is 76.6 Å². The number of aryl methyl sites for hydroxylation is 1. The lowest BCUT2D eigenvalue weighted by Gasteiger charge is -2.25. The van der Waals surface area contributed by atoms with E-state index in [9.17, 15) is 29.0 Å². The standard InChI is InChI=1S/C22H20FNO5/c1-13-7-9-14(10-8-13)20(27)18-19(15-4-2-5-16(23)12-15)24(22(29)21(18)28)11-3-6-17(25)26/h2,4-5,7-10,12,19,27H,3,6,11H2,1H3,(H,25,26)/p-1/t19-/m0/s1. The van der Waals surface area contributed by atoms with Crippen LogP contribution in [0.1, 0.15) is 35.6 Å². The number of carboxylic acids is 1. The van der Waals surface area contributed by atoms with Crippen molar-refractivity contribution in [3.8, 4) is 0 Å². The lowest BCUT2D eigenvalue weighted by Crippen LogP contribution is -2.32. The van der Waals surface area contributed by atoms with Gasteiger partial charge < -0.3 is 19.9 Å². The summed E-state index contributed by atoms with van der Waals surface area (Å²) in [5.74, 6) is -3.96. The van der Waals surface area contributed by atoms with E-state index in [1.54, 1.807) is 30.3 Å². The molecule has 0 unspecified atom stereocenters. The number of benzene rings is 2. The third-order valence-corrected chi connectivity index (χ3v) is 4.81. The highest BCUT2D eigenvalue weighted by Crippen LogP contribution is 2.39. The van der Waals surface area contributed by atoms with Crippen LogP contribution in [-0.2, 0) is 14.4 Å². The highest BCUT2D eigenvalue weighted by Gasteiger charge is 2.45. The van der Waals surface area contributed by atoms with E-state index >= 15 is 0 Å². The van der Waals surface area contributed by atoms with Crippen LogP contribution in [-0.4, -0.2) is 34.2 Å². The number of nitrogens with zero attached hydrogens (tertiary/aromatic N) is 1. The zero-order valence-corrected chi connectivity index (χ0v) is 15.7. The van der Waals surface area contributed by atoms with Crippen molar-refractivity contribution in [3.63, 3.8) is 0 Å². The number of halogens is 1. The summed E-state index contributed by atoms with van der Waals surface area (Å²) in [6.45, 7) is 1.82. The molecule has 1 N–H and O–H groups in total. The zero-order valence-electron chi connectivity index (χ0n) is 15.7. The maximum atomic E-state index is 13.8. The number of aliphatic hydroxyl groups excluding tert-OH is 1. The Morgan fingerprint density at radius 2 is 1.86 bits per heavy atom. The Kier molecular flexibility index (Phi) is 5.77. The van der Waals surface area contributed by atoms with Crippen molar-refractivity contribution in [2.24, 2.45) is 0 Å². The number of carboxylic acid groups (broad SMARTS) is 1. The molecule has 0 bridgehead atoms. The number of likely N-dealkylation sites (tertiary alicyclic amines) is 1. The Bertz CT molecular complexity index is 997. The van der Waals surface area contributed by atoms with Crippen LogP contribution in [0.5, 0.6) is 0 Å². The van der Waals surface area contributed by atoms with Crippen LogP contribution in [0.25, 0.3) is 5.76 Å². The molecule has 0 spiro atoms. The number of aliphatic hydroxyl groups is 1. The van der Waals surface area contributed by atoms with Gasteiger partial charge in [0.2, 0.25) is 0 Å². The number of rotatable bonds is 6. The van der Waals surface area contributed by atoms with Gasteiger partial charge in [0.25, 0.3) is 11.7 Å². The van der Waals surface area contributed by atoms with Crippen LogP contribution in [0, 0.1) is 12.7 Å². The smallest absolute Gasteiger partial charge is 0.295 e. The number of ketones is 1. The predicted molar refractivity (Wildman–Crippen MR) is 101 cm³/mol. The summed E-state index contributed by atoms with van der Waals surface area (Å²) in [5, 5.41) is 21.5. The topological polar surface area (TPSA) is 97.7 Å². The molecule has 1 aliphatic rings. The number of Topliss-reactive ketones (excluding diaryl/α,β-unsaturated/α-hetero) is 1.